The number of likely N-dealkylation sites (N-methyl/N-ethyl adjacent to an activating group) is 1. The van der Waals surface area contributed by atoms with Gasteiger partial charge >= 0.3 is 0 Å². The molecule has 198 valence electrons. The zero-order chi connectivity index (χ0) is 27.5. The van der Waals surface area contributed by atoms with Gasteiger partial charge in [-0.1, -0.05) is 12.1 Å². The highest BCUT2D eigenvalue weighted by atomic mass is 16.3. The van der Waals surface area contributed by atoms with Crippen molar-refractivity contribution in [3.05, 3.63) is 75.8 Å². The average molecular weight is 520 g/mol. The molecule has 10 nitrogen and oxygen atoms in total. The standard InChI is InChI=1S/C28H29N3O7/c1-31(2)22-17-12-14-11-16-13(6-8-15-5-3-4-10-30-15)7-9-18(32)20(16)23(33)19(14)25(35)28(17,38)26(36)21(24(22)34)27(29)37/h3-5,7,9-10,14,17,22,32-33,36,38H,6,8,11-12H2,1-2H3,(H2,29,37)/t14?,17?,22-,28-/m0/s1. The Morgan fingerprint density at radius 2 is 1.87 bits per heavy atom. The maximum absolute atomic E-state index is 13.9. The first-order valence-electron chi connectivity index (χ1n) is 12.4. The lowest BCUT2D eigenvalue weighted by Gasteiger charge is -2.50. The van der Waals surface area contributed by atoms with E-state index in [1.54, 1.807) is 26.4 Å². The fourth-order valence-corrected chi connectivity index (χ4v) is 6.35. The molecule has 1 aromatic carbocycles. The summed E-state index contributed by atoms with van der Waals surface area (Å²) < 4.78 is 0. The topological polar surface area (TPSA) is 174 Å². The van der Waals surface area contributed by atoms with Crippen molar-refractivity contribution in [3.8, 4) is 5.75 Å². The molecule has 0 saturated heterocycles. The normalized spacial score (nSPS) is 26.8. The molecule has 1 aromatic heterocycles. The first-order valence-corrected chi connectivity index (χ1v) is 12.4. The number of aryl methyl sites for hydroxylation is 2. The number of carbonyl (C=O) groups is 3. The van der Waals surface area contributed by atoms with E-state index < -0.39 is 58.0 Å². The van der Waals surface area contributed by atoms with Crippen LogP contribution in [0.25, 0.3) is 5.76 Å². The van der Waals surface area contributed by atoms with Crippen LogP contribution in [0.1, 0.15) is 28.8 Å². The smallest absolute Gasteiger partial charge is 0.255 e. The summed E-state index contributed by atoms with van der Waals surface area (Å²) in [5, 5.41) is 44.6. The molecule has 10 heteroatoms. The monoisotopic (exact) mass is 519 g/mol. The van der Waals surface area contributed by atoms with Crippen LogP contribution < -0.4 is 5.73 Å². The summed E-state index contributed by atoms with van der Waals surface area (Å²) in [7, 11) is 3.14. The number of fused-ring (bicyclic) bond motifs is 3. The number of nitrogens with two attached hydrogens (primary N) is 1. The number of aromatic nitrogens is 1. The number of rotatable bonds is 5. The number of ketones is 2. The van der Waals surface area contributed by atoms with Gasteiger partial charge in [0.15, 0.2) is 11.4 Å². The number of benzene rings is 1. The maximum atomic E-state index is 13.9. The number of aliphatic hydroxyl groups is 3. The lowest BCUT2D eigenvalue weighted by Crippen LogP contribution is -2.65. The van der Waals surface area contributed by atoms with Crippen molar-refractivity contribution in [2.75, 3.05) is 14.1 Å². The van der Waals surface area contributed by atoms with E-state index in [0.717, 1.165) is 11.3 Å². The van der Waals surface area contributed by atoms with Gasteiger partial charge in [0.25, 0.3) is 5.91 Å². The summed E-state index contributed by atoms with van der Waals surface area (Å²) in [6.45, 7) is 0. The van der Waals surface area contributed by atoms with Gasteiger partial charge in [0.2, 0.25) is 5.78 Å². The number of Topliss-reactive ketones (excluding diaryl/α,β-unsaturated/α-hetero) is 2. The van der Waals surface area contributed by atoms with Crippen LogP contribution in [-0.2, 0) is 33.6 Å². The van der Waals surface area contributed by atoms with Crippen LogP contribution in [0.5, 0.6) is 5.75 Å². The first kappa shape index (κ1) is 25.6. The van der Waals surface area contributed by atoms with Gasteiger partial charge < -0.3 is 26.2 Å². The minimum Gasteiger partial charge on any atom is -0.508 e. The third-order valence-corrected chi connectivity index (χ3v) is 8.08. The third-order valence-electron chi connectivity index (χ3n) is 8.08. The molecule has 4 atom stereocenters. The highest BCUT2D eigenvalue weighted by Crippen LogP contribution is 2.53. The van der Waals surface area contributed by atoms with Crippen molar-refractivity contribution in [1.29, 1.82) is 0 Å². The van der Waals surface area contributed by atoms with Crippen molar-refractivity contribution in [2.45, 2.75) is 37.3 Å². The second-order valence-corrected chi connectivity index (χ2v) is 10.4. The van der Waals surface area contributed by atoms with Gasteiger partial charge in [0.05, 0.1) is 11.6 Å². The number of pyridine rings is 1. The van der Waals surface area contributed by atoms with Crippen LogP contribution >= 0.6 is 0 Å². The Labute approximate surface area is 218 Å². The minimum atomic E-state index is -2.64. The number of phenolic OH excluding ortho intramolecular Hbond substituents is 1. The summed E-state index contributed by atoms with van der Waals surface area (Å²) in [5.74, 6) is -6.57. The zero-order valence-corrected chi connectivity index (χ0v) is 21.0. The Hall–Kier alpha value is -4.02. The highest BCUT2D eigenvalue weighted by Gasteiger charge is 2.64. The van der Waals surface area contributed by atoms with Crippen LogP contribution in [0, 0.1) is 11.8 Å². The molecular formula is C28H29N3O7. The fourth-order valence-electron chi connectivity index (χ4n) is 6.35. The van der Waals surface area contributed by atoms with E-state index in [4.69, 9.17) is 5.73 Å². The molecule has 0 spiro atoms. The molecule has 3 aliphatic rings. The zero-order valence-electron chi connectivity index (χ0n) is 21.0. The van der Waals surface area contributed by atoms with Crippen molar-refractivity contribution in [1.82, 2.24) is 9.88 Å². The second kappa shape index (κ2) is 9.07. The van der Waals surface area contributed by atoms with Gasteiger partial charge in [-0.3, -0.25) is 24.3 Å². The quantitative estimate of drug-likeness (QED) is 0.363. The van der Waals surface area contributed by atoms with Gasteiger partial charge in [0.1, 0.15) is 22.8 Å². The number of aromatic hydroxyl groups is 1. The molecule has 1 fully saturated rings. The van der Waals surface area contributed by atoms with Crippen molar-refractivity contribution in [2.24, 2.45) is 17.6 Å². The number of primary amides is 1. The Morgan fingerprint density at radius 3 is 2.50 bits per heavy atom. The Kier molecular flexibility index (Phi) is 6.12. The van der Waals surface area contributed by atoms with Crippen molar-refractivity contribution >= 4 is 23.2 Å². The predicted octanol–water partition coefficient (Wildman–Crippen LogP) is 1.14. The third kappa shape index (κ3) is 3.63. The average Bonchev–Trinajstić information content (AvgIpc) is 2.86. The van der Waals surface area contributed by atoms with Gasteiger partial charge in [-0.05, 0) is 75.0 Å². The van der Waals surface area contributed by atoms with E-state index in [1.807, 2.05) is 18.2 Å². The fraction of sp³-hybridized carbons (Fsp3) is 0.357. The number of amides is 1. The molecule has 0 aliphatic heterocycles. The number of hydrogen-bond acceptors (Lipinski definition) is 9. The van der Waals surface area contributed by atoms with E-state index in [-0.39, 0.29) is 29.7 Å². The molecule has 0 radical (unpaired) electrons. The van der Waals surface area contributed by atoms with E-state index in [1.165, 1.54) is 11.0 Å². The van der Waals surface area contributed by atoms with E-state index in [2.05, 4.69) is 4.98 Å². The van der Waals surface area contributed by atoms with Gasteiger partial charge in [-0.25, -0.2) is 0 Å². The second-order valence-electron chi connectivity index (χ2n) is 10.4. The molecule has 2 aromatic rings. The molecule has 6 N–H and O–H groups in total. The largest absolute Gasteiger partial charge is 0.508 e. The van der Waals surface area contributed by atoms with E-state index in [9.17, 15) is 34.8 Å². The van der Waals surface area contributed by atoms with Crippen LogP contribution in [0.3, 0.4) is 0 Å². The summed E-state index contributed by atoms with van der Waals surface area (Å²) in [5.41, 5.74) is 4.24. The summed E-state index contributed by atoms with van der Waals surface area (Å²) in [6, 6.07) is 7.73. The minimum absolute atomic E-state index is 0.0566. The number of carbonyl (C=O) groups excluding carboxylic acids is 3. The summed E-state index contributed by atoms with van der Waals surface area (Å²) in [6.07, 6.45) is 3.21. The molecular weight excluding hydrogens is 490 g/mol. The van der Waals surface area contributed by atoms with Crippen LogP contribution in [0.15, 0.2) is 53.4 Å². The summed E-state index contributed by atoms with van der Waals surface area (Å²) >= 11 is 0. The number of phenols is 1. The molecule has 38 heavy (non-hydrogen) atoms. The van der Waals surface area contributed by atoms with Crippen molar-refractivity contribution < 1.29 is 34.8 Å². The Bertz CT molecular complexity index is 1430. The Balaban J connectivity index is 1.63. The lowest BCUT2D eigenvalue weighted by molar-refractivity contribution is -0.153. The lowest BCUT2D eigenvalue weighted by atomic mass is 9.57. The Morgan fingerprint density at radius 1 is 1.13 bits per heavy atom. The molecule has 1 amide bonds. The predicted molar refractivity (Wildman–Crippen MR) is 136 cm³/mol. The highest BCUT2D eigenvalue weighted by molar-refractivity contribution is 6.24. The van der Waals surface area contributed by atoms with E-state index in [0.29, 0.717) is 18.4 Å². The summed E-state index contributed by atoms with van der Waals surface area (Å²) in [4.78, 5) is 44.9. The molecule has 0 bridgehead atoms. The first-order chi connectivity index (χ1) is 18.0. The SMILES string of the molecule is CN(C)[C@@H]1C(=O)C(C(N)=O)=C(O)[C@@]2(O)C(=O)C3=C(O)c4c(O)ccc(CCc5ccccn5)c4CC3CC12. The molecule has 1 heterocycles. The van der Waals surface area contributed by atoms with Gasteiger partial charge in [-0.2, -0.15) is 0 Å². The number of nitrogens with zero attached hydrogens (tertiary/aromatic N) is 2. The van der Waals surface area contributed by atoms with E-state index >= 15 is 0 Å². The molecule has 2 unspecified atom stereocenters. The van der Waals surface area contributed by atoms with Crippen molar-refractivity contribution in [3.63, 3.8) is 0 Å². The van der Waals surface area contributed by atoms with Crippen LogP contribution in [-0.4, -0.2) is 73.5 Å². The maximum Gasteiger partial charge on any atom is 0.255 e. The molecule has 1 saturated carbocycles. The number of hydrogen-bond donors (Lipinski definition) is 5. The van der Waals surface area contributed by atoms with Crippen LogP contribution in [0.4, 0.5) is 0 Å². The molecule has 5 rings (SSSR count). The van der Waals surface area contributed by atoms with Gasteiger partial charge in [-0.15, -0.1) is 0 Å². The van der Waals surface area contributed by atoms with Gasteiger partial charge in [0, 0.05) is 23.4 Å². The van der Waals surface area contributed by atoms with Crippen LogP contribution in [0.2, 0.25) is 0 Å². The number of aliphatic hydroxyl groups excluding tert-OH is 2. The molecule has 3 aliphatic carbocycles.